The zero-order chi connectivity index (χ0) is 44.3. The molecule has 0 radical (unpaired) electrons. The third kappa shape index (κ3) is 8.56. The summed E-state index contributed by atoms with van der Waals surface area (Å²) in [5.74, 6) is -2.37. The highest BCUT2D eigenvalue weighted by molar-refractivity contribution is 6.23. The van der Waals surface area contributed by atoms with Crippen molar-refractivity contribution in [2.24, 2.45) is 11.3 Å². The monoisotopic (exact) mass is 856 g/mol. The maximum Gasteiger partial charge on any atom is 0.433 e. The summed E-state index contributed by atoms with van der Waals surface area (Å²) in [6, 6.07) is 11.0. The molecule has 14 nitrogen and oxygen atoms in total. The summed E-state index contributed by atoms with van der Waals surface area (Å²) in [5.41, 5.74) is -0.174. The molecular weight excluding hydrogens is 806 g/mol. The Balaban J connectivity index is 0.843. The van der Waals surface area contributed by atoms with Crippen LogP contribution >= 0.6 is 0 Å². The normalized spacial score (nSPS) is 20.0. The van der Waals surface area contributed by atoms with E-state index in [2.05, 4.69) is 39.3 Å². The van der Waals surface area contributed by atoms with Crippen LogP contribution in [0.2, 0.25) is 0 Å². The van der Waals surface area contributed by atoms with Gasteiger partial charge in [0.15, 0.2) is 0 Å². The second-order valence-electron chi connectivity index (χ2n) is 18.2. The number of rotatable bonds is 10. The van der Waals surface area contributed by atoms with Gasteiger partial charge in [-0.05, 0) is 113 Å². The highest BCUT2D eigenvalue weighted by Crippen LogP contribution is 2.41. The second-order valence-corrected chi connectivity index (χ2v) is 18.2. The van der Waals surface area contributed by atoms with Crippen LogP contribution in [0.25, 0.3) is 10.9 Å². The lowest BCUT2D eigenvalue weighted by molar-refractivity contribution is -0.141. The molecule has 0 spiro atoms. The number of benzene rings is 2. The van der Waals surface area contributed by atoms with Crippen molar-refractivity contribution in [3.8, 4) is 0 Å². The second kappa shape index (κ2) is 16.2. The third-order valence-corrected chi connectivity index (χ3v) is 13.2. The number of hydrogen-bond acceptors (Lipinski definition) is 10. The average molecular weight is 857 g/mol. The number of piperidine rings is 3. The number of aromatic nitrogens is 3. The summed E-state index contributed by atoms with van der Waals surface area (Å²) >= 11 is 0. The topological polar surface area (TPSA) is 170 Å². The van der Waals surface area contributed by atoms with Crippen LogP contribution < -0.4 is 15.5 Å². The first-order chi connectivity index (χ1) is 29.3. The molecule has 4 aliphatic heterocycles. The molecule has 1 atom stereocenters. The molecule has 6 heterocycles. The molecule has 2 aromatic carbocycles. The van der Waals surface area contributed by atoms with Crippen LogP contribution in [0, 0.1) is 11.3 Å². The highest BCUT2D eigenvalue weighted by atomic mass is 19.4. The molecule has 0 bridgehead atoms. The maximum atomic E-state index is 13.4. The maximum absolute atomic E-state index is 13.4. The molecule has 4 aliphatic rings. The fourth-order valence-corrected chi connectivity index (χ4v) is 9.43. The van der Waals surface area contributed by atoms with Gasteiger partial charge in [-0.15, -0.1) is 0 Å². The van der Waals surface area contributed by atoms with Crippen LogP contribution in [0.1, 0.15) is 121 Å². The Hall–Kier alpha value is -5.68. The first-order valence-corrected chi connectivity index (χ1v) is 21.2. The number of imide groups is 2. The number of carbonyl (C=O) groups is 5. The molecule has 3 N–H and O–H groups in total. The number of anilines is 2. The molecule has 328 valence electrons. The summed E-state index contributed by atoms with van der Waals surface area (Å²) in [4.78, 5) is 73.1. The zero-order valence-corrected chi connectivity index (χ0v) is 35.2. The fraction of sp³-hybridized carbons (Fsp3) is 0.489. The number of carbonyl (C=O) groups excluding carboxylic acids is 5. The van der Waals surface area contributed by atoms with Crippen molar-refractivity contribution in [1.82, 2.24) is 29.9 Å². The van der Waals surface area contributed by atoms with Gasteiger partial charge in [0.25, 0.3) is 17.7 Å². The number of hydrogen-bond donors (Lipinski definition) is 3. The van der Waals surface area contributed by atoms with Crippen molar-refractivity contribution in [2.45, 2.75) is 96.5 Å². The molecule has 5 amide bonds. The predicted molar refractivity (Wildman–Crippen MR) is 223 cm³/mol. The number of fused-ring (bicyclic) bond motifs is 2. The average Bonchev–Trinajstić information content (AvgIpc) is 3.76. The van der Waals surface area contributed by atoms with Gasteiger partial charge in [0.1, 0.15) is 17.4 Å². The van der Waals surface area contributed by atoms with Gasteiger partial charge in [0.05, 0.1) is 28.3 Å². The predicted octanol–water partition coefficient (Wildman–Crippen LogP) is 6.30. The molecule has 3 fully saturated rings. The van der Waals surface area contributed by atoms with Crippen molar-refractivity contribution in [2.75, 3.05) is 42.9 Å². The minimum atomic E-state index is -4.70. The van der Waals surface area contributed by atoms with E-state index in [1.807, 2.05) is 16.9 Å². The standard InChI is InChI=1S/C45H51F3N8O6/c1-43(2,27-12-19-54(20-13-27)29-8-9-30-31(23-29)42(61)56(41(30)60)36-10-11-38(57)51-40(36)59)16-21-53-17-14-28(15-18-53)55-25-26-22-35(32(44(3,4)62)24-34(26)52-55)50-39(58)33-6-5-7-37(49-33)45(46,47)48/h5-9,22-25,27-28,36,62H,10-21H2,1-4H3,(H,50,58)(H,51,57,59). The third-order valence-electron chi connectivity index (χ3n) is 13.2. The first kappa shape index (κ1) is 43.0. The molecular formula is C45H51F3N8O6. The minimum absolute atomic E-state index is 0.0736. The van der Waals surface area contributed by atoms with Crippen LogP contribution in [-0.4, -0.2) is 98.0 Å². The van der Waals surface area contributed by atoms with Crippen molar-refractivity contribution in [1.29, 1.82) is 0 Å². The van der Waals surface area contributed by atoms with E-state index in [1.165, 1.54) is 6.07 Å². The lowest BCUT2D eigenvalue weighted by Crippen LogP contribution is -2.54. The van der Waals surface area contributed by atoms with E-state index in [-0.39, 0.29) is 41.1 Å². The molecule has 62 heavy (non-hydrogen) atoms. The summed E-state index contributed by atoms with van der Waals surface area (Å²) in [5, 5.41) is 21.5. The van der Waals surface area contributed by atoms with E-state index in [0.29, 0.717) is 17.0 Å². The van der Waals surface area contributed by atoms with Gasteiger partial charge in [-0.3, -0.25) is 38.9 Å². The minimum Gasteiger partial charge on any atom is -0.386 e. The van der Waals surface area contributed by atoms with E-state index in [1.54, 1.807) is 38.1 Å². The number of nitrogens with zero attached hydrogens (tertiary/aromatic N) is 6. The van der Waals surface area contributed by atoms with Crippen LogP contribution in [-0.2, 0) is 21.4 Å². The Bertz CT molecular complexity index is 2440. The van der Waals surface area contributed by atoms with Gasteiger partial charge < -0.3 is 20.2 Å². The Morgan fingerprint density at radius 1 is 0.887 bits per heavy atom. The summed E-state index contributed by atoms with van der Waals surface area (Å²) in [6.45, 7) is 12.2. The Labute approximate surface area is 356 Å². The molecule has 3 saturated heterocycles. The van der Waals surface area contributed by atoms with E-state index in [9.17, 15) is 42.3 Å². The molecule has 2 aromatic heterocycles. The van der Waals surface area contributed by atoms with E-state index in [4.69, 9.17) is 5.10 Å². The van der Waals surface area contributed by atoms with Gasteiger partial charge in [0.2, 0.25) is 11.8 Å². The summed E-state index contributed by atoms with van der Waals surface area (Å²) in [7, 11) is 0. The molecule has 17 heteroatoms. The van der Waals surface area contributed by atoms with Crippen LogP contribution in [0.5, 0.6) is 0 Å². The van der Waals surface area contributed by atoms with Crippen LogP contribution in [0.4, 0.5) is 24.5 Å². The number of halogens is 3. The van der Waals surface area contributed by atoms with Crippen molar-refractivity contribution >= 4 is 51.8 Å². The Morgan fingerprint density at radius 2 is 1.60 bits per heavy atom. The number of likely N-dealkylation sites (tertiary alicyclic amines) is 1. The van der Waals surface area contributed by atoms with Crippen molar-refractivity contribution in [3.05, 3.63) is 82.8 Å². The van der Waals surface area contributed by atoms with E-state index in [0.717, 1.165) is 92.9 Å². The van der Waals surface area contributed by atoms with Gasteiger partial charge in [-0.25, -0.2) is 4.98 Å². The molecule has 4 aromatic rings. The van der Waals surface area contributed by atoms with Crippen molar-refractivity contribution in [3.63, 3.8) is 0 Å². The van der Waals surface area contributed by atoms with E-state index >= 15 is 0 Å². The summed E-state index contributed by atoms with van der Waals surface area (Å²) in [6.07, 6.45) is 2.17. The van der Waals surface area contributed by atoms with Gasteiger partial charge in [-0.2, -0.15) is 18.3 Å². The van der Waals surface area contributed by atoms with Crippen LogP contribution in [0.3, 0.4) is 0 Å². The lowest BCUT2D eigenvalue weighted by Gasteiger charge is -2.43. The number of amides is 5. The first-order valence-electron chi connectivity index (χ1n) is 21.2. The van der Waals surface area contributed by atoms with Gasteiger partial charge in [-0.1, -0.05) is 19.9 Å². The number of nitrogens with one attached hydrogen (secondary N) is 2. The number of pyridine rings is 1. The number of aliphatic hydroxyl groups is 1. The molecule has 1 unspecified atom stereocenters. The zero-order valence-electron chi connectivity index (χ0n) is 35.2. The van der Waals surface area contributed by atoms with Gasteiger partial charge in [0, 0.05) is 61.1 Å². The van der Waals surface area contributed by atoms with E-state index < -0.39 is 58.7 Å². The van der Waals surface area contributed by atoms with Crippen LogP contribution in [0.15, 0.2) is 54.7 Å². The molecule has 8 rings (SSSR count). The Morgan fingerprint density at radius 3 is 2.27 bits per heavy atom. The smallest absolute Gasteiger partial charge is 0.386 e. The van der Waals surface area contributed by atoms with Crippen molar-refractivity contribution < 1.29 is 42.3 Å². The SMILES string of the molecule is CC(C)(O)c1cc2nn(C3CCN(CCC(C)(C)C4CCN(c5ccc6c(c5)C(=O)N(C5CCC(=O)NC5=O)C6=O)CC4)CC3)cc2cc1NC(=O)c1cccc(C(F)(F)F)n1. The molecule has 0 saturated carbocycles. The Kier molecular flexibility index (Phi) is 11.2. The lowest BCUT2D eigenvalue weighted by atomic mass is 9.71. The quantitative estimate of drug-likeness (QED) is 0.154. The highest BCUT2D eigenvalue weighted by Gasteiger charge is 2.45. The summed E-state index contributed by atoms with van der Waals surface area (Å²) < 4.78 is 41.8. The number of alkyl halides is 3. The fourth-order valence-electron chi connectivity index (χ4n) is 9.43. The van der Waals surface area contributed by atoms with Gasteiger partial charge >= 0.3 is 6.18 Å². The molecule has 0 aliphatic carbocycles. The largest absolute Gasteiger partial charge is 0.433 e.